The van der Waals surface area contributed by atoms with E-state index in [1.807, 2.05) is 0 Å². The highest BCUT2D eigenvalue weighted by atomic mass is 16.7. The Morgan fingerprint density at radius 2 is 1.92 bits per heavy atom. The fourth-order valence-corrected chi connectivity index (χ4v) is 1.06. The molecule has 0 radical (unpaired) electrons. The van der Waals surface area contributed by atoms with E-state index in [4.69, 9.17) is 9.47 Å². The first-order valence-corrected chi connectivity index (χ1v) is 5.01. The molecule has 0 N–H and O–H groups in total. The van der Waals surface area contributed by atoms with Gasteiger partial charge in [0.25, 0.3) is 5.95 Å². The van der Waals surface area contributed by atoms with Crippen LogP contribution in [0.15, 0.2) is 12.0 Å². The smallest absolute Gasteiger partial charge is 0.275 e. The first-order chi connectivity index (χ1) is 6.03. The summed E-state index contributed by atoms with van der Waals surface area (Å²) in [5.74, 6) is 1.25. The summed E-state index contributed by atoms with van der Waals surface area (Å²) < 4.78 is 11.0. The van der Waals surface area contributed by atoms with Crippen LogP contribution in [0.4, 0.5) is 0 Å². The highest BCUT2D eigenvalue weighted by Gasteiger charge is 2.26. The van der Waals surface area contributed by atoms with Crippen LogP contribution < -0.4 is 0 Å². The monoisotopic (exact) mass is 184 g/mol. The number of hydrogen-bond acceptors (Lipinski definition) is 2. The minimum atomic E-state index is 0.160. The minimum Gasteiger partial charge on any atom is -0.465 e. The summed E-state index contributed by atoms with van der Waals surface area (Å²) in [6.07, 6.45) is 3.19. The summed E-state index contributed by atoms with van der Waals surface area (Å²) in [5, 5.41) is 0. The minimum absolute atomic E-state index is 0.160. The summed E-state index contributed by atoms with van der Waals surface area (Å²) in [6, 6.07) is 0. The van der Waals surface area contributed by atoms with Gasteiger partial charge in [0.15, 0.2) is 0 Å². The maximum atomic E-state index is 5.50. The second-order valence-corrected chi connectivity index (χ2v) is 4.61. The predicted molar refractivity (Wildman–Crippen MR) is 53.2 cm³/mol. The molecule has 0 spiro atoms. The second kappa shape index (κ2) is 4.03. The van der Waals surface area contributed by atoms with Crippen LogP contribution in [0.5, 0.6) is 0 Å². The number of hydrogen-bond donors (Lipinski definition) is 0. The molecule has 0 unspecified atom stereocenters. The molecule has 13 heavy (non-hydrogen) atoms. The maximum Gasteiger partial charge on any atom is 0.275 e. The highest BCUT2D eigenvalue weighted by molar-refractivity contribution is 4.91. The Hall–Kier alpha value is -0.660. The van der Waals surface area contributed by atoms with Crippen molar-refractivity contribution >= 4 is 0 Å². The third-order valence-electron chi connectivity index (χ3n) is 2.27. The predicted octanol–water partition coefficient (Wildman–Crippen LogP) is 2.95. The largest absolute Gasteiger partial charge is 0.465 e. The molecule has 1 saturated heterocycles. The second-order valence-electron chi connectivity index (χ2n) is 4.61. The van der Waals surface area contributed by atoms with Crippen molar-refractivity contribution in [3.63, 3.8) is 0 Å². The standard InChI is InChI=1S/C11H20O2/c1-5-9(2)6-10-12-7-11(3,4)8-13-10/h6,9H,5,7-8H2,1-4H3/t9-/m0/s1. The van der Waals surface area contributed by atoms with Gasteiger partial charge in [0.2, 0.25) is 0 Å². The third kappa shape index (κ3) is 3.29. The zero-order valence-corrected chi connectivity index (χ0v) is 9.09. The lowest BCUT2D eigenvalue weighted by Crippen LogP contribution is -2.30. The quantitative estimate of drug-likeness (QED) is 0.657. The molecule has 1 atom stereocenters. The Balaban J connectivity index is 2.45. The molecule has 0 amide bonds. The Kier molecular flexibility index (Phi) is 3.23. The van der Waals surface area contributed by atoms with E-state index in [-0.39, 0.29) is 5.41 Å². The van der Waals surface area contributed by atoms with Crippen molar-refractivity contribution in [2.24, 2.45) is 11.3 Å². The van der Waals surface area contributed by atoms with E-state index < -0.39 is 0 Å². The van der Waals surface area contributed by atoms with Crippen LogP contribution in [0, 0.1) is 11.3 Å². The van der Waals surface area contributed by atoms with Gasteiger partial charge in [0.05, 0.1) is 13.2 Å². The number of rotatable bonds is 2. The van der Waals surface area contributed by atoms with Crippen molar-refractivity contribution in [2.75, 3.05) is 13.2 Å². The lowest BCUT2D eigenvalue weighted by Gasteiger charge is -2.31. The van der Waals surface area contributed by atoms with Gasteiger partial charge in [-0.15, -0.1) is 0 Å². The molecule has 0 saturated carbocycles. The molecule has 1 rings (SSSR count). The van der Waals surface area contributed by atoms with Crippen molar-refractivity contribution < 1.29 is 9.47 Å². The molecular weight excluding hydrogens is 164 g/mol. The van der Waals surface area contributed by atoms with Gasteiger partial charge in [-0.1, -0.05) is 27.7 Å². The molecule has 0 aromatic rings. The van der Waals surface area contributed by atoms with E-state index in [1.165, 1.54) is 0 Å². The summed E-state index contributed by atoms with van der Waals surface area (Å²) >= 11 is 0. The molecular formula is C11H20O2. The molecule has 0 aromatic carbocycles. The van der Waals surface area contributed by atoms with Crippen LogP contribution in [0.25, 0.3) is 0 Å². The third-order valence-corrected chi connectivity index (χ3v) is 2.27. The maximum absolute atomic E-state index is 5.50. The summed E-state index contributed by atoms with van der Waals surface area (Å²) in [4.78, 5) is 0. The highest BCUT2D eigenvalue weighted by Crippen LogP contribution is 2.25. The van der Waals surface area contributed by atoms with Gasteiger partial charge in [0, 0.05) is 5.41 Å². The van der Waals surface area contributed by atoms with E-state index in [0.717, 1.165) is 19.6 Å². The fraction of sp³-hybridized carbons (Fsp3) is 0.818. The van der Waals surface area contributed by atoms with Crippen LogP contribution >= 0.6 is 0 Å². The van der Waals surface area contributed by atoms with Gasteiger partial charge in [-0.3, -0.25) is 0 Å². The van der Waals surface area contributed by atoms with Crippen molar-refractivity contribution in [1.82, 2.24) is 0 Å². The van der Waals surface area contributed by atoms with Gasteiger partial charge in [-0.25, -0.2) is 0 Å². The van der Waals surface area contributed by atoms with Gasteiger partial charge in [0.1, 0.15) is 0 Å². The first kappa shape index (κ1) is 10.4. The van der Waals surface area contributed by atoms with Gasteiger partial charge in [-0.2, -0.15) is 0 Å². The van der Waals surface area contributed by atoms with E-state index in [0.29, 0.717) is 11.9 Å². The number of ether oxygens (including phenoxy) is 2. The molecule has 1 aliphatic heterocycles. The van der Waals surface area contributed by atoms with Crippen molar-refractivity contribution in [3.05, 3.63) is 12.0 Å². The SMILES string of the molecule is CC[C@H](C)C=C1OCC(C)(C)CO1. The van der Waals surface area contributed by atoms with Gasteiger partial charge in [-0.05, 0) is 18.4 Å². The fourth-order valence-electron chi connectivity index (χ4n) is 1.06. The lowest BCUT2D eigenvalue weighted by atomic mass is 9.96. The zero-order valence-electron chi connectivity index (χ0n) is 9.09. The van der Waals surface area contributed by atoms with Crippen LogP contribution in [0.3, 0.4) is 0 Å². The lowest BCUT2D eigenvalue weighted by molar-refractivity contribution is -0.0861. The molecule has 2 nitrogen and oxygen atoms in total. The average Bonchev–Trinajstić information content (AvgIpc) is 2.08. The molecule has 0 aliphatic carbocycles. The van der Waals surface area contributed by atoms with Crippen LogP contribution in [-0.2, 0) is 9.47 Å². The van der Waals surface area contributed by atoms with E-state index in [1.54, 1.807) is 0 Å². The Morgan fingerprint density at radius 1 is 1.38 bits per heavy atom. The zero-order chi connectivity index (χ0) is 9.90. The molecule has 0 bridgehead atoms. The van der Waals surface area contributed by atoms with Crippen molar-refractivity contribution in [1.29, 1.82) is 0 Å². The molecule has 1 heterocycles. The van der Waals surface area contributed by atoms with E-state index in [9.17, 15) is 0 Å². The van der Waals surface area contributed by atoms with Crippen LogP contribution in [0.1, 0.15) is 34.1 Å². The Morgan fingerprint density at radius 3 is 2.38 bits per heavy atom. The van der Waals surface area contributed by atoms with Gasteiger partial charge >= 0.3 is 0 Å². The Bertz CT molecular complexity index is 182. The van der Waals surface area contributed by atoms with Gasteiger partial charge < -0.3 is 9.47 Å². The average molecular weight is 184 g/mol. The van der Waals surface area contributed by atoms with Crippen LogP contribution in [-0.4, -0.2) is 13.2 Å². The van der Waals surface area contributed by atoms with Crippen molar-refractivity contribution in [2.45, 2.75) is 34.1 Å². The topological polar surface area (TPSA) is 18.5 Å². The van der Waals surface area contributed by atoms with E-state index in [2.05, 4.69) is 33.8 Å². The molecule has 76 valence electrons. The summed E-state index contributed by atoms with van der Waals surface area (Å²) in [7, 11) is 0. The number of allylic oxidation sites excluding steroid dienone is 1. The summed E-state index contributed by atoms with van der Waals surface area (Å²) in [6.45, 7) is 10.1. The normalized spacial score (nSPS) is 22.9. The molecule has 1 fully saturated rings. The Labute approximate surface area is 80.9 Å². The molecule has 1 aliphatic rings. The molecule has 0 aromatic heterocycles. The van der Waals surface area contributed by atoms with Crippen molar-refractivity contribution in [3.8, 4) is 0 Å². The first-order valence-electron chi connectivity index (χ1n) is 5.01. The molecule has 2 heteroatoms. The van der Waals surface area contributed by atoms with E-state index >= 15 is 0 Å². The summed E-state index contributed by atoms with van der Waals surface area (Å²) in [5.41, 5.74) is 0.160. The van der Waals surface area contributed by atoms with Crippen LogP contribution in [0.2, 0.25) is 0 Å².